The summed E-state index contributed by atoms with van der Waals surface area (Å²) in [6.45, 7) is 11.0. The van der Waals surface area contributed by atoms with Gasteiger partial charge in [-0.2, -0.15) is 0 Å². The minimum Gasteiger partial charge on any atom is -0.495 e. The van der Waals surface area contributed by atoms with E-state index in [1.807, 2.05) is 32.2 Å². The van der Waals surface area contributed by atoms with Crippen LogP contribution in [0.2, 0.25) is 0 Å². The van der Waals surface area contributed by atoms with E-state index in [1.54, 1.807) is 13.3 Å². The SMILES string of the molecule is C=N/C=C(OC)/C(/C=C\C(=C)CCNC(=O)C1CCCN1C)=C/C. The fourth-order valence-electron chi connectivity index (χ4n) is 2.65. The molecule has 0 radical (unpaired) electrons. The van der Waals surface area contributed by atoms with Crippen LogP contribution in [0.5, 0.6) is 0 Å². The Kier molecular flexibility index (Phi) is 8.79. The van der Waals surface area contributed by atoms with Crippen molar-refractivity contribution in [1.29, 1.82) is 0 Å². The Morgan fingerprint density at radius 1 is 1.46 bits per heavy atom. The number of hydrogen-bond donors (Lipinski definition) is 1. The summed E-state index contributed by atoms with van der Waals surface area (Å²) in [5, 5.41) is 2.99. The van der Waals surface area contributed by atoms with Crippen molar-refractivity contribution >= 4 is 12.6 Å². The first kappa shape index (κ1) is 19.9. The van der Waals surface area contributed by atoms with Gasteiger partial charge in [0.1, 0.15) is 5.76 Å². The van der Waals surface area contributed by atoms with Gasteiger partial charge in [-0.1, -0.05) is 30.4 Å². The summed E-state index contributed by atoms with van der Waals surface area (Å²) < 4.78 is 5.27. The third-order valence-corrected chi connectivity index (χ3v) is 4.09. The summed E-state index contributed by atoms with van der Waals surface area (Å²) in [5.74, 6) is 0.761. The highest BCUT2D eigenvalue weighted by Gasteiger charge is 2.27. The van der Waals surface area contributed by atoms with E-state index < -0.39 is 0 Å². The van der Waals surface area contributed by atoms with Gasteiger partial charge in [0.25, 0.3) is 0 Å². The normalized spacial score (nSPS) is 19.5. The quantitative estimate of drug-likeness (QED) is 0.401. The molecule has 0 aliphatic carbocycles. The summed E-state index contributed by atoms with van der Waals surface area (Å²) in [6.07, 6.45) is 10.1. The molecule has 1 aliphatic heterocycles. The van der Waals surface area contributed by atoms with E-state index in [0.29, 0.717) is 18.7 Å². The lowest BCUT2D eigenvalue weighted by Crippen LogP contribution is -2.41. The average molecular weight is 331 g/mol. The molecule has 24 heavy (non-hydrogen) atoms. The Hall–Kier alpha value is -2.14. The zero-order chi connectivity index (χ0) is 17.9. The van der Waals surface area contributed by atoms with E-state index in [0.717, 1.165) is 30.5 Å². The Bertz CT molecular complexity index is 547. The first-order chi connectivity index (χ1) is 11.5. The van der Waals surface area contributed by atoms with Crippen LogP contribution in [0.1, 0.15) is 26.2 Å². The van der Waals surface area contributed by atoms with Crippen LogP contribution in [0.25, 0.3) is 0 Å². The molecule has 1 aliphatic rings. The average Bonchev–Trinajstić information content (AvgIpc) is 3.00. The van der Waals surface area contributed by atoms with Crippen molar-refractivity contribution in [2.45, 2.75) is 32.2 Å². The number of likely N-dealkylation sites (N-methyl/N-ethyl adjacent to an activating group) is 1. The van der Waals surface area contributed by atoms with Gasteiger partial charge in [0, 0.05) is 12.1 Å². The van der Waals surface area contributed by atoms with Gasteiger partial charge in [-0.05, 0) is 46.5 Å². The molecule has 5 heteroatoms. The molecule has 0 bridgehead atoms. The first-order valence-electron chi connectivity index (χ1n) is 8.24. The molecular weight excluding hydrogens is 302 g/mol. The lowest BCUT2D eigenvalue weighted by atomic mass is 10.1. The number of methoxy groups -OCH3 is 1. The molecule has 0 spiro atoms. The molecule has 1 heterocycles. The lowest BCUT2D eigenvalue weighted by Gasteiger charge is -2.18. The summed E-state index contributed by atoms with van der Waals surface area (Å²) in [7, 11) is 3.59. The van der Waals surface area contributed by atoms with Gasteiger partial charge in [-0.15, -0.1) is 0 Å². The molecule has 1 unspecified atom stereocenters. The number of allylic oxidation sites excluding steroid dienone is 3. The lowest BCUT2D eigenvalue weighted by molar-refractivity contribution is -0.125. The number of carbonyl (C=O) groups excluding carboxylic acids is 1. The Labute approximate surface area is 145 Å². The van der Waals surface area contributed by atoms with E-state index in [1.165, 1.54) is 0 Å². The van der Waals surface area contributed by atoms with Crippen LogP contribution in [0, 0.1) is 0 Å². The predicted molar refractivity (Wildman–Crippen MR) is 100.0 cm³/mol. The molecule has 1 saturated heterocycles. The highest BCUT2D eigenvalue weighted by atomic mass is 16.5. The zero-order valence-corrected chi connectivity index (χ0v) is 15.0. The smallest absolute Gasteiger partial charge is 0.237 e. The number of amides is 1. The van der Waals surface area contributed by atoms with Gasteiger partial charge < -0.3 is 10.1 Å². The van der Waals surface area contributed by atoms with Crippen LogP contribution in [-0.2, 0) is 9.53 Å². The van der Waals surface area contributed by atoms with Crippen molar-refractivity contribution in [1.82, 2.24) is 10.2 Å². The molecule has 1 atom stereocenters. The van der Waals surface area contributed by atoms with Crippen molar-refractivity contribution in [2.24, 2.45) is 4.99 Å². The number of rotatable bonds is 9. The van der Waals surface area contributed by atoms with Crippen LogP contribution in [0.15, 0.2) is 52.9 Å². The topological polar surface area (TPSA) is 53.9 Å². The maximum absolute atomic E-state index is 12.1. The molecule has 1 amide bonds. The van der Waals surface area contributed by atoms with Gasteiger partial charge in [-0.3, -0.25) is 14.7 Å². The summed E-state index contributed by atoms with van der Waals surface area (Å²) >= 11 is 0. The Balaban J connectivity index is 2.43. The maximum Gasteiger partial charge on any atom is 0.237 e. The molecular formula is C19H29N3O2. The van der Waals surface area contributed by atoms with Crippen molar-refractivity contribution in [3.63, 3.8) is 0 Å². The van der Waals surface area contributed by atoms with E-state index in [4.69, 9.17) is 4.74 Å². The van der Waals surface area contributed by atoms with Crippen LogP contribution in [0.3, 0.4) is 0 Å². The standard InChI is InChI=1S/C19H29N3O2/c1-6-16(18(24-5)14-20-3)10-9-15(2)11-12-21-19(23)17-8-7-13-22(17)4/h6,9-10,14,17H,2-3,7-8,11-13H2,1,4-5H3,(H,21,23)/b10-9-,16-6+,18-14-. The van der Waals surface area contributed by atoms with Crippen LogP contribution in [0.4, 0.5) is 0 Å². The van der Waals surface area contributed by atoms with Crippen molar-refractivity contribution in [3.8, 4) is 0 Å². The van der Waals surface area contributed by atoms with E-state index in [-0.39, 0.29) is 11.9 Å². The molecule has 0 saturated carbocycles. The molecule has 0 aromatic rings. The van der Waals surface area contributed by atoms with Gasteiger partial charge in [0.05, 0.1) is 19.4 Å². The van der Waals surface area contributed by atoms with E-state index in [2.05, 4.69) is 28.5 Å². The molecule has 0 aromatic carbocycles. The molecule has 5 nitrogen and oxygen atoms in total. The second-order valence-corrected chi connectivity index (χ2v) is 5.80. The molecule has 132 valence electrons. The summed E-state index contributed by atoms with van der Waals surface area (Å²) in [5.41, 5.74) is 1.85. The number of aliphatic imine (C=N–C) groups is 1. The number of ether oxygens (including phenoxy) is 1. The number of hydrogen-bond acceptors (Lipinski definition) is 4. The molecule has 1 N–H and O–H groups in total. The third kappa shape index (κ3) is 6.16. The maximum atomic E-state index is 12.1. The predicted octanol–water partition coefficient (Wildman–Crippen LogP) is 2.83. The highest BCUT2D eigenvalue weighted by Crippen LogP contribution is 2.15. The zero-order valence-electron chi connectivity index (χ0n) is 15.0. The number of nitrogens with one attached hydrogen (secondary N) is 1. The van der Waals surface area contributed by atoms with E-state index >= 15 is 0 Å². The van der Waals surface area contributed by atoms with Crippen LogP contribution in [-0.4, -0.2) is 50.8 Å². The fourth-order valence-corrected chi connectivity index (χ4v) is 2.65. The van der Waals surface area contributed by atoms with Crippen molar-refractivity contribution in [2.75, 3.05) is 27.2 Å². The Morgan fingerprint density at radius 3 is 2.75 bits per heavy atom. The second-order valence-electron chi connectivity index (χ2n) is 5.80. The van der Waals surface area contributed by atoms with Crippen molar-refractivity contribution in [3.05, 3.63) is 47.9 Å². The van der Waals surface area contributed by atoms with Crippen LogP contribution < -0.4 is 5.32 Å². The molecule has 1 fully saturated rings. The van der Waals surface area contributed by atoms with E-state index in [9.17, 15) is 4.79 Å². The molecule has 0 aromatic heterocycles. The summed E-state index contributed by atoms with van der Waals surface area (Å²) in [4.78, 5) is 17.9. The number of likely N-dealkylation sites (tertiary alicyclic amines) is 1. The first-order valence-corrected chi connectivity index (χ1v) is 8.24. The highest BCUT2D eigenvalue weighted by molar-refractivity contribution is 5.81. The molecule has 1 rings (SSSR count). The van der Waals surface area contributed by atoms with Gasteiger partial charge in [0.15, 0.2) is 0 Å². The number of nitrogens with zero attached hydrogens (tertiary/aromatic N) is 2. The summed E-state index contributed by atoms with van der Waals surface area (Å²) in [6, 6.07) is 0.0178. The minimum atomic E-state index is 0.0178. The van der Waals surface area contributed by atoms with Crippen LogP contribution >= 0.6 is 0 Å². The fraction of sp³-hybridized carbons (Fsp3) is 0.474. The van der Waals surface area contributed by atoms with Gasteiger partial charge >= 0.3 is 0 Å². The monoisotopic (exact) mass is 331 g/mol. The Morgan fingerprint density at radius 2 is 2.21 bits per heavy atom. The van der Waals surface area contributed by atoms with Crippen molar-refractivity contribution < 1.29 is 9.53 Å². The van der Waals surface area contributed by atoms with Gasteiger partial charge in [0.2, 0.25) is 5.91 Å². The van der Waals surface area contributed by atoms with Gasteiger partial charge in [-0.25, -0.2) is 0 Å². The number of carbonyl (C=O) groups is 1. The third-order valence-electron chi connectivity index (χ3n) is 4.09. The largest absolute Gasteiger partial charge is 0.495 e. The second kappa shape index (κ2) is 10.6. The minimum absolute atomic E-state index is 0.0178.